The number of hydrogen-bond donors (Lipinski definition) is 1. The van der Waals surface area contributed by atoms with Crippen LogP contribution in [0.2, 0.25) is 0 Å². The van der Waals surface area contributed by atoms with Gasteiger partial charge in [0.2, 0.25) is 0 Å². The molecule has 2 fully saturated rings. The fourth-order valence-electron chi connectivity index (χ4n) is 3.76. The average molecular weight is 302 g/mol. The van der Waals surface area contributed by atoms with E-state index in [9.17, 15) is 0 Å². The van der Waals surface area contributed by atoms with Gasteiger partial charge in [-0.25, -0.2) is 14.6 Å². The lowest BCUT2D eigenvalue weighted by Crippen LogP contribution is -2.45. The first-order chi connectivity index (χ1) is 10.8. The second-order valence-corrected chi connectivity index (χ2v) is 6.20. The van der Waals surface area contributed by atoms with Crippen LogP contribution in [0, 0.1) is 0 Å². The maximum absolute atomic E-state index is 5.90. The second-order valence-electron chi connectivity index (χ2n) is 6.20. The highest BCUT2D eigenvalue weighted by atomic mass is 16.5. The Hall–Kier alpha value is -1.73. The molecule has 0 atom stereocenters. The van der Waals surface area contributed by atoms with Gasteiger partial charge in [0.05, 0.1) is 30.8 Å². The molecular formula is C15H22N6O. The monoisotopic (exact) mass is 302 g/mol. The first kappa shape index (κ1) is 13.9. The first-order valence-corrected chi connectivity index (χ1v) is 8.08. The molecule has 1 saturated carbocycles. The van der Waals surface area contributed by atoms with Crippen molar-refractivity contribution in [3.8, 4) is 0 Å². The van der Waals surface area contributed by atoms with Crippen molar-refractivity contribution in [3.05, 3.63) is 12.5 Å². The van der Waals surface area contributed by atoms with Crippen molar-refractivity contribution in [1.29, 1.82) is 0 Å². The summed E-state index contributed by atoms with van der Waals surface area (Å²) in [5.41, 5.74) is 6.76. The molecule has 7 heteroatoms. The van der Waals surface area contributed by atoms with Crippen LogP contribution in [0.5, 0.6) is 0 Å². The van der Waals surface area contributed by atoms with Gasteiger partial charge >= 0.3 is 0 Å². The predicted octanol–water partition coefficient (Wildman–Crippen LogP) is 1.22. The van der Waals surface area contributed by atoms with Crippen LogP contribution in [0.4, 0.5) is 5.82 Å². The first-order valence-electron chi connectivity index (χ1n) is 8.08. The van der Waals surface area contributed by atoms with Crippen molar-refractivity contribution in [3.63, 3.8) is 0 Å². The quantitative estimate of drug-likeness (QED) is 0.898. The highest BCUT2D eigenvalue weighted by molar-refractivity contribution is 5.84. The minimum absolute atomic E-state index is 0.420. The lowest BCUT2D eigenvalue weighted by molar-refractivity contribution is 0.00520. The number of hydrogen-bond acceptors (Lipinski definition) is 6. The maximum atomic E-state index is 5.90. The normalized spacial score (nSPS) is 27.3. The van der Waals surface area contributed by atoms with Crippen LogP contribution in [-0.2, 0) is 4.74 Å². The fraction of sp³-hybridized carbons (Fsp3) is 0.667. The summed E-state index contributed by atoms with van der Waals surface area (Å²) in [5.74, 6) is 0.512. The molecule has 4 rings (SSSR count). The summed E-state index contributed by atoms with van der Waals surface area (Å²) in [6, 6.07) is 1.12. The number of rotatable bonds is 2. The molecule has 3 heterocycles. The van der Waals surface area contributed by atoms with Gasteiger partial charge in [-0.05, 0) is 25.7 Å². The van der Waals surface area contributed by atoms with Gasteiger partial charge in [0.1, 0.15) is 12.1 Å². The van der Waals surface area contributed by atoms with Crippen molar-refractivity contribution in [1.82, 2.24) is 24.6 Å². The van der Waals surface area contributed by atoms with Crippen LogP contribution in [-0.4, -0.2) is 57.0 Å². The third-order valence-corrected chi connectivity index (χ3v) is 5.00. The van der Waals surface area contributed by atoms with Crippen LogP contribution in [0.3, 0.4) is 0 Å². The molecule has 118 valence electrons. The number of anilines is 1. The van der Waals surface area contributed by atoms with Crippen molar-refractivity contribution in [2.75, 3.05) is 32.0 Å². The third kappa shape index (κ3) is 2.44. The zero-order valence-corrected chi connectivity index (χ0v) is 12.7. The lowest BCUT2D eigenvalue weighted by atomic mass is 9.90. The largest absolute Gasteiger partial charge is 0.383 e. The Morgan fingerprint density at radius 3 is 2.55 bits per heavy atom. The lowest BCUT2D eigenvalue weighted by Gasteiger charge is -2.38. The number of nitrogens with zero attached hydrogens (tertiary/aromatic N) is 5. The molecule has 22 heavy (non-hydrogen) atoms. The highest BCUT2D eigenvalue weighted by Crippen LogP contribution is 2.33. The van der Waals surface area contributed by atoms with Crippen molar-refractivity contribution >= 4 is 16.9 Å². The third-order valence-electron chi connectivity index (χ3n) is 5.00. The van der Waals surface area contributed by atoms with Crippen LogP contribution < -0.4 is 5.73 Å². The predicted molar refractivity (Wildman–Crippen MR) is 83.4 cm³/mol. The molecule has 2 N–H and O–H groups in total. The van der Waals surface area contributed by atoms with Crippen LogP contribution in [0.25, 0.3) is 11.0 Å². The minimum atomic E-state index is 0.420. The molecule has 0 amide bonds. The smallest absolute Gasteiger partial charge is 0.163 e. The average Bonchev–Trinajstić information content (AvgIpc) is 3.01. The number of nitrogens with two attached hydrogens (primary N) is 1. The number of fused-ring (bicyclic) bond motifs is 1. The van der Waals surface area contributed by atoms with Crippen molar-refractivity contribution in [2.24, 2.45) is 0 Å². The molecule has 7 nitrogen and oxygen atoms in total. The van der Waals surface area contributed by atoms with Gasteiger partial charge in [-0.2, -0.15) is 5.10 Å². The van der Waals surface area contributed by atoms with E-state index in [1.807, 2.05) is 4.68 Å². The van der Waals surface area contributed by atoms with E-state index in [4.69, 9.17) is 10.5 Å². The number of aromatic nitrogens is 4. The molecule has 0 bridgehead atoms. The standard InChI is InChI=1S/C15H22N6O/c16-14-13-9-19-21(15(13)18-10-17-14)12-3-1-11(2-4-12)20-5-7-22-8-6-20/h9-12H,1-8H2,(H2,16,17,18)/t11-,12-. The number of morpholine rings is 1. The van der Waals surface area contributed by atoms with E-state index in [2.05, 4.69) is 20.0 Å². The highest BCUT2D eigenvalue weighted by Gasteiger charge is 2.28. The summed E-state index contributed by atoms with van der Waals surface area (Å²) in [7, 11) is 0. The van der Waals surface area contributed by atoms with E-state index >= 15 is 0 Å². The Labute approximate surface area is 129 Å². The number of nitrogen functional groups attached to an aromatic ring is 1. The Bertz CT molecular complexity index is 643. The van der Waals surface area contributed by atoms with Gasteiger partial charge in [0.15, 0.2) is 5.65 Å². The number of ether oxygens (including phenoxy) is 1. The molecule has 2 aromatic rings. The summed E-state index contributed by atoms with van der Waals surface area (Å²) in [6.45, 7) is 3.90. The molecular weight excluding hydrogens is 280 g/mol. The molecule has 1 aliphatic carbocycles. The minimum Gasteiger partial charge on any atom is -0.383 e. The van der Waals surface area contributed by atoms with Crippen LogP contribution in [0.15, 0.2) is 12.5 Å². The fourth-order valence-corrected chi connectivity index (χ4v) is 3.76. The summed E-state index contributed by atoms with van der Waals surface area (Å²) >= 11 is 0. The van der Waals surface area contributed by atoms with E-state index in [-0.39, 0.29) is 0 Å². The Kier molecular flexibility index (Phi) is 3.67. The van der Waals surface area contributed by atoms with Crippen molar-refractivity contribution < 1.29 is 4.74 Å². The van der Waals surface area contributed by atoms with Gasteiger partial charge in [-0.1, -0.05) is 0 Å². The van der Waals surface area contributed by atoms with Gasteiger partial charge in [-0.15, -0.1) is 0 Å². The summed E-state index contributed by atoms with van der Waals surface area (Å²) < 4.78 is 7.49. The molecule has 0 unspecified atom stereocenters. The van der Waals surface area contributed by atoms with E-state index in [0.29, 0.717) is 17.9 Å². The zero-order chi connectivity index (χ0) is 14.9. The van der Waals surface area contributed by atoms with Crippen LogP contribution in [0.1, 0.15) is 31.7 Å². The molecule has 2 aliphatic rings. The van der Waals surface area contributed by atoms with Gasteiger partial charge in [0.25, 0.3) is 0 Å². The Morgan fingerprint density at radius 1 is 1.05 bits per heavy atom. The van der Waals surface area contributed by atoms with E-state index in [1.54, 1.807) is 6.20 Å². The second kappa shape index (κ2) is 5.81. The van der Waals surface area contributed by atoms with Gasteiger partial charge in [0, 0.05) is 19.1 Å². The summed E-state index contributed by atoms with van der Waals surface area (Å²) in [5, 5.41) is 5.38. The topological polar surface area (TPSA) is 82.1 Å². The Balaban J connectivity index is 1.47. The Morgan fingerprint density at radius 2 is 1.77 bits per heavy atom. The molecule has 2 aromatic heterocycles. The van der Waals surface area contributed by atoms with E-state index in [1.165, 1.54) is 19.2 Å². The molecule has 1 aliphatic heterocycles. The zero-order valence-electron chi connectivity index (χ0n) is 12.7. The van der Waals surface area contributed by atoms with Gasteiger partial charge < -0.3 is 10.5 Å². The SMILES string of the molecule is Nc1ncnc2c1cnn2[C@H]1CC[C@H](N2CCOCC2)CC1. The van der Waals surface area contributed by atoms with Crippen LogP contribution >= 0.6 is 0 Å². The molecule has 1 saturated heterocycles. The van der Waals surface area contributed by atoms with E-state index < -0.39 is 0 Å². The summed E-state index contributed by atoms with van der Waals surface area (Å²) in [4.78, 5) is 11.0. The van der Waals surface area contributed by atoms with Crippen molar-refractivity contribution in [2.45, 2.75) is 37.8 Å². The van der Waals surface area contributed by atoms with Gasteiger partial charge in [-0.3, -0.25) is 4.90 Å². The maximum Gasteiger partial charge on any atom is 0.163 e. The molecule has 0 radical (unpaired) electrons. The van der Waals surface area contributed by atoms with E-state index in [0.717, 1.165) is 50.2 Å². The summed E-state index contributed by atoms with van der Waals surface area (Å²) in [6.07, 6.45) is 8.03. The molecule has 0 spiro atoms. The molecule has 0 aromatic carbocycles.